The molecular weight excluding hydrogens is 338 g/mol. The molecule has 0 atom stereocenters. The molecule has 2 aromatic carbocycles. The molecule has 0 aromatic heterocycles. The summed E-state index contributed by atoms with van der Waals surface area (Å²) in [5.41, 5.74) is 7.25. The van der Waals surface area contributed by atoms with E-state index in [0.29, 0.717) is 21.5 Å². The number of hydrogen-bond acceptors (Lipinski definition) is 3. The summed E-state index contributed by atoms with van der Waals surface area (Å²) in [5, 5.41) is 14.1. The van der Waals surface area contributed by atoms with Gasteiger partial charge in [0.05, 0.1) is 22.6 Å². The molecule has 2 aromatic rings. The van der Waals surface area contributed by atoms with Gasteiger partial charge in [0.15, 0.2) is 0 Å². The third-order valence-electron chi connectivity index (χ3n) is 2.67. The predicted molar refractivity (Wildman–Crippen MR) is 84.6 cm³/mol. The van der Waals surface area contributed by atoms with Gasteiger partial charge in [-0.25, -0.2) is 9.59 Å². The standard InChI is InChI=1S/C14H12BrN3O3/c15-9-7-8(13(19)20)5-6-11(9)17-14(21)18-12-4-2-1-3-10(12)16/h1-7H,16H2,(H,19,20)(H2,17,18,21). The highest BCUT2D eigenvalue weighted by Gasteiger charge is 2.10. The fraction of sp³-hybridized carbons (Fsp3) is 0. The predicted octanol–water partition coefficient (Wildman–Crippen LogP) is 3.37. The smallest absolute Gasteiger partial charge is 0.335 e. The van der Waals surface area contributed by atoms with E-state index in [1.807, 2.05) is 0 Å². The van der Waals surface area contributed by atoms with Crippen molar-refractivity contribution in [3.63, 3.8) is 0 Å². The molecule has 0 radical (unpaired) electrons. The maximum Gasteiger partial charge on any atom is 0.335 e. The number of nitrogens with one attached hydrogen (secondary N) is 2. The van der Waals surface area contributed by atoms with Gasteiger partial charge in [0.2, 0.25) is 0 Å². The number of nitrogens with two attached hydrogens (primary N) is 1. The summed E-state index contributed by atoms with van der Waals surface area (Å²) < 4.78 is 0.471. The summed E-state index contributed by atoms with van der Waals surface area (Å²) >= 11 is 3.21. The first-order valence-corrected chi connectivity index (χ1v) is 6.72. The van der Waals surface area contributed by atoms with Crippen molar-refractivity contribution in [1.29, 1.82) is 0 Å². The van der Waals surface area contributed by atoms with Crippen molar-refractivity contribution in [1.82, 2.24) is 0 Å². The molecule has 6 nitrogen and oxygen atoms in total. The van der Waals surface area contributed by atoms with E-state index in [2.05, 4.69) is 26.6 Å². The summed E-state index contributed by atoms with van der Waals surface area (Å²) in [6.45, 7) is 0. The van der Waals surface area contributed by atoms with Crippen molar-refractivity contribution in [2.45, 2.75) is 0 Å². The van der Waals surface area contributed by atoms with Crippen LogP contribution in [0.15, 0.2) is 46.9 Å². The van der Waals surface area contributed by atoms with Crippen LogP contribution in [0.2, 0.25) is 0 Å². The van der Waals surface area contributed by atoms with Crippen LogP contribution in [0, 0.1) is 0 Å². The Hall–Kier alpha value is -2.54. The monoisotopic (exact) mass is 349 g/mol. The summed E-state index contributed by atoms with van der Waals surface area (Å²) in [5.74, 6) is -1.04. The molecule has 5 N–H and O–H groups in total. The SMILES string of the molecule is Nc1ccccc1NC(=O)Nc1ccc(C(=O)O)cc1Br. The van der Waals surface area contributed by atoms with Gasteiger partial charge in [0, 0.05) is 4.47 Å². The normalized spacial score (nSPS) is 9.95. The Labute approximate surface area is 129 Å². The number of para-hydroxylation sites is 2. The number of carboxylic acids is 1. The average Bonchev–Trinajstić information content (AvgIpc) is 2.43. The van der Waals surface area contributed by atoms with Crippen LogP contribution in [0.4, 0.5) is 21.9 Å². The Morgan fingerprint density at radius 3 is 2.33 bits per heavy atom. The number of anilines is 3. The van der Waals surface area contributed by atoms with Crippen molar-refractivity contribution in [3.05, 3.63) is 52.5 Å². The Bertz CT molecular complexity index is 704. The zero-order valence-electron chi connectivity index (χ0n) is 10.8. The Morgan fingerprint density at radius 2 is 1.71 bits per heavy atom. The van der Waals surface area contributed by atoms with Gasteiger partial charge < -0.3 is 21.5 Å². The van der Waals surface area contributed by atoms with Gasteiger partial charge in [-0.05, 0) is 46.3 Å². The number of carbonyl (C=O) groups excluding carboxylic acids is 1. The van der Waals surface area contributed by atoms with Crippen molar-refractivity contribution in [2.75, 3.05) is 16.4 Å². The molecule has 2 amide bonds. The molecule has 2 rings (SSSR count). The molecule has 0 aliphatic rings. The Kier molecular flexibility index (Phi) is 4.44. The number of carbonyl (C=O) groups is 2. The second-order valence-corrected chi connectivity index (χ2v) is 5.02. The lowest BCUT2D eigenvalue weighted by atomic mass is 10.2. The van der Waals surface area contributed by atoms with E-state index in [1.165, 1.54) is 18.2 Å². The maximum atomic E-state index is 11.9. The first-order chi connectivity index (χ1) is 9.97. The molecule has 0 unspecified atom stereocenters. The molecule has 0 spiro atoms. The van der Waals surface area contributed by atoms with Crippen LogP contribution in [-0.4, -0.2) is 17.1 Å². The number of aromatic carboxylic acids is 1. The molecule has 0 saturated carbocycles. The summed E-state index contributed by atoms with van der Waals surface area (Å²) in [7, 11) is 0. The summed E-state index contributed by atoms with van der Waals surface area (Å²) in [4.78, 5) is 22.7. The van der Waals surface area contributed by atoms with Crippen molar-refractivity contribution >= 4 is 45.0 Å². The van der Waals surface area contributed by atoms with Crippen LogP contribution in [0.1, 0.15) is 10.4 Å². The molecule has 7 heteroatoms. The number of benzene rings is 2. The molecule has 0 heterocycles. The molecule has 0 bridgehead atoms. The first kappa shape index (κ1) is 14.9. The highest BCUT2D eigenvalue weighted by atomic mass is 79.9. The van der Waals surface area contributed by atoms with Gasteiger partial charge in [0.25, 0.3) is 0 Å². The highest BCUT2D eigenvalue weighted by molar-refractivity contribution is 9.10. The minimum Gasteiger partial charge on any atom is -0.478 e. The van der Waals surface area contributed by atoms with E-state index in [0.717, 1.165) is 0 Å². The second-order valence-electron chi connectivity index (χ2n) is 4.17. The lowest BCUT2D eigenvalue weighted by molar-refractivity contribution is 0.0697. The maximum absolute atomic E-state index is 11.9. The number of hydrogen-bond donors (Lipinski definition) is 4. The van der Waals surface area contributed by atoms with Gasteiger partial charge in [-0.1, -0.05) is 12.1 Å². The second kappa shape index (κ2) is 6.27. The van der Waals surface area contributed by atoms with Gasteiger partial charge in [-0.2, -0.15) is 0 Å². The molecule has 0 saturated heterocycles. The highest BCUT2D eigenvalue weighted by Crippen LogP contribution is 2.24. The van der Waals surface area contributed by atoms with Crippen LogP contribution in [0.25, 0.3) is 0 Å². The number of halogens is 1. The van der Waals surface area contributed by atoms with Crippen molar-refractivity contribution in [2.24, 2.45) is 0 Å². The quantitative estimate of drug-likeness (QED) is 0.637. The molecule has 21 heavy (non-hydrogen) atoms. The number of urea groups is 1. The topological polar surface area (TPSA) is 104 Å². The molecule has 108 valence electrons. The van der Waals surface area contributed by atoms with Crippen molar-refractivity contribution < 1.29 is 14.7 Å². The van der Waals surface area contributed by atoms with Crippen LogP contribution < -0.4 is 16.4 Å². The zero-order valence-corrected chi connectivity index (χ0v) is 12.3. The third-order valence-corrected chi connectivity index (χ3v) is 3.33. The minimum absolute atomic E-state index is 0.125. The molecule has 0 fully saturated rings. The number of carboxylic acid groups (broad SMARTS) is 1. The minimum atomic E-state index is -1.04. The fourth-order valence-corrected chi connectivity index (χ4v) is 2.11. The van der Waals surface area contributed by atoms with Crippen molar-refractivity contribution in [3.8, 4) is 0 Å². The van der Waals surface area contributed by atoms with E-state index in [9.17, 15) is 9.59 Å². The summed E-state index contributed by atoms with van der Waals surface area (Å²) in [6, 6.07) is 10.7. The van der Waals surface area contributed by atoms with Gasteiger partial charge >= 0.3 is 12.0 Å². The number of rotatable bonds is 3. The Morgan fingerprint density at radius 1 is 1.05 bits per heavy atom. The van der Waals surface area contributed by atoms with E-state index < -0.39 is 12.0 Å². The van der Waals surface area contributed by atoms with Gasteiger partial charge in [0.1, 0.15) is 0 Å². The Balaban J connectivity index is 2.10. The third kappa shape index (κ3) is 3.73. The average molecular weight is 350 g/mol. The number of nitrogen functional groups attached to an aromatic ring is 1. The van der Waals surface area contributed by atoms with Gasteiger partial charge in [-0.3, -0.25) is 0 Å². The molecular formula is C14H12BrN3O3. The zero-order chi connectivity index (χ0) is 15.4. The van der Waals surface area contributed by atoms with E-state index in [4.69, 9.17) is 10.8 Å². The molecule has 0 aliphatic carbocycles. The molecule has 0 aliphatic heterocycles. The van der Waals surface area contributed by atoms with Crippen LogP contribution >= 0.6 is 15.9 Å². The first-order valence-electron chi connectivity index (χ1n) is 5.92. The fourth-order valence-electron chi connectivity index (χ4n) is 1.64. The lowest BCUT2D eigenvalue weighted by Gasteiger charge is -2.11. The van der Waals surface area contributed by atoms with Gasteiger partial charge in [-0.15, -0.1) is 0 Å². The van der Waals surface area contributed by atoms with E-state index in [1.54, 1.807) is 24.3 Å². The van der Waals surface area contributed by atoms with E-state index >= 15 is 0 Å². The van der Waals surface area contributed by atoms with E-state index in [-0.39, 0.29) is 5.56 Å². The van der Waals surface area contributed by atoms with Crippen LogP contribution in [0.3, 0.4) is 0 Å². The number of amides is 2. The van der Waals surface area contributed by atoms with Crippen LogP contribution in [0.5, 0.6) is 0 Å². The largest absolute Gasteiger partial charge is 0.478 e. The van der Waals surface area contributed by atoms with Crippen LogP contribution in [-0.2, 0) is 0 Å². The lowest BCUT2D eigenvalue weighted by Crippen LogP contribution is -2.20. The summed E-state index contributed by atoms with van der Waals surface area (Å²) in [6.07, 6.45) is 0.